The molecule has 2 aliphatic rings. The van der Waals surface area contributed by atoms with Crippen LogP contribution in [0.3, 0.4) is 0 Å². The molecule has 0 aromatic carbocycles. The second-order valence-corrected chi connectivity index (χ2v) is 7.47. The lowest BCUT2D eigenvalue weighted by Gasteiger charge is -2.33. The molecule has 1 aromatic rings. The van der Waals surface area contributed by atoms with E-state index in [0.717, 1.165) is 44.2 Å². The number of piperidine rings is 1. The molecule has 0 aliphatic carbocycles. The molecule has 116 valence electrons. The van der Waals surface area contributed by atoms with Crippen molar-refractivity contribution in [3.8, 4) is 0 Å². The second-order valence-electron chi connectivity index (χ2n) is 6.25. The molecule has 4 nitrogen and oxygen atoms in total. The zero-order valence-electron chi connectivity index (χ0n) is 12.9. The van der Waals surface area contributed by atoms with Crippen molar-refractivity contribution < 1.29 is 4.79 Å². The zero-order chi connectivity index (χ0) is 14.7. The molecule has 2 aliphatic heterocycles. The lowest BCUT2D eigenvalue weighted by molar-refractivity contribution is -0.136. The number of anilines is 1. The topological polar surface area (TPSA) is 36.4 Å². The average molecular weight is 307 g/mol. The van der Waals surface area contributed by atoms with Crippen molar-refractivity contribution in [1.82, 2.24) is 9.88 Å². The van der Waals surface area contributed by atoms with Crippen LogP contribution < -0.4 is 4.90 Å². The van der Waals surface area contributed by atoms with Crippen LogP contribution in [0, 0.1) is 12.8 Å². The van der Waals surface area contributed by atoms with Crippen LogP contribution in [0.2, 0.25) is 0 Å². The third kappa shape index (κ3) is 3.57. The molecule has 2 fully saturated rings. The van der Waals surface area contributed by atoms with E-state index < -0.39 is 0 Å². The maximum atomic E-state index is 12.6. The van der Waals surface area contributed by atoms with Gasteiger partial charge in [0.2, 0.25) is 5.91 Å². The van der Waals surface area contributed by atoms with Crippen molar-refractivity contribution in [2.24, 2.45) is 5.92 Å². The predicted molar refractivity (Wildman–Crippen MR) is 86.8 cm³/mol. The Hall–Kier alpha value is -1.10. The molecule has 0 radical (unpaired) electrons. The van der Waals surface area contributed by atoms with E-state index in [0.29, 0.717) is 5.91 Å². The van der Waals surface area contributed by atoms with Gasteiger partial charge in [0.05, 0.1) is 0 Å². The summed E-state index contributed by atoms with van der Waals surface area (Å²) in [6.45, 7) is 5.99. The number of carbonyl (C=O) groups excluding carboxylic acids is 1. The summed E-state index contributed by atoms with van der Waals surface area (Å²) in [5.74, 6) is 0.646. The summed E-state index contributed by atoms with van der Waals surface area (Å²) in [7, 11) is 0. The minimum atomic E-state index is 0.236. The molecule has 2 saturated heterocycles. The Morgan fingerprint density at radius 2 is 1.81 bits per heavy atom. The van der Waals surface area contributed by atoms with E-state index >= 15 is 0 Å². The van der Waals surface area contributed by atoms with Gasteiger partial charge < -0.3 is 9.80 Å². The van der Waals surface area contributed by atoms with Crippen molar-refractivity contribution >= 4 is 22.4 Å². The lowest BCUT2D eigenvalue weighted by Crippen LogP contribution is -2.43. The largest absolute Gasteiger partial charge is 0.348 e. The summed E-state index contributed by atoms with van der Waals surface area (Å²) in [5, 5.41) is 1.12. The monoisotopic (exact) mass is 307 g/mol. The molecule has 0 spiro atoms. The Morgan fingerprint density at radius 3 is 2.38 bits per heavy atom. The molecule has 0 bridgehead atoms. The quantitative estimate of drug-likeness (QED) is 0.842. The molecule has 0 atom stereocenters. The molecule has 1 aromatic heterocycles. The molecule has 3 heterocycles. The van der Waals surface area contributed by atoms with E-state index in [9.17, 15) is 4.79 Å². The van der Waals surface area contributed by atoms with Crippen LogP contribution in [-0.4, -0.2) is 42.0 Å². The van der Waals surface area contributed by atoms with Crippen LogP contribution in [0.1, 0.15) is 43.4 Å². The SMILES string of the molecule is Cc1cnc(N2CCC(C(=O)N3CCCCCC3)CC2)s1. The molecule has 21 heavy (non-hydrogen) atoms. The van der Waals surface area contributed by atoms with Gasteiger partial charge in [0, 0.05) is 43.2 Å². The van der Waals surface area contributed by atoms with Gasteiger partial charge in [0.25, 0.3) is 0 Å². The highest BCUT2D eigenvalue weighted by Crippen LogP contribution is 2.28. The number of rotatable bonds is 2. The standard InChI is InChI=1S/C16H25N3OS/c1-13-12-17-16(21-13)19-10-6-14(7-11-19)15(20)18-8-4-2-3-5-9-18/h12,14H,2-11H2,1H3. The van der Waals surface area contributed by atoms with Gasteiger partial charge in [-0.15, -0.1) is 11.3 Å². The number of carbonyl (C=O) groups is 1. The number of amides is 1. The van der Waals surface area contributed by atoms with Gasteiger partial charge in [0.1, 0.15) is 0 Å². The summed E-state index contributed by atoms with van der Waals surface area (Å²) in [5.41, 5.74) is 0. The fraction of sp³-hybridized carbons (Fsp3) is 0.750. The fourth-order valence-electron chi connectivity index (χ4n) is 3.36. The minimum Gasteiger partial charge on any atom is -0.348 e. The molecule has 5 heteroatoms. The number of aryl methyl sites for hydroxylation is 1. The van der Waals surface area contributed by atoms with Crippen LogP contribution in [0.5, 0.6) is 0 Å². The van der Waals surface area contributed by atoms with Crippen molar-refractivity contribution in [2.45, 2.75) is 45.4 Å². The Kier molecular flexibility index (Phi) is 4.78. The van der Waals surface area contributed by atoms with E-state index in [2.05, 4.69) is 21.7 Å². The molecule has 0 unspecified atom stereocenters. The maximum Gasteiger partial charge on any atom is 0.225 e. The minimum absolute atomic E-state index is 0.236. The van der Waals surface area contributed by atoms with Gasteiger partial charge in [-0.05, 0) is 32.6 Å². The van der Waals surface area contributed by atoms with Crippen LogP contribution in [0.25, 0.3) is 0 Å². The number of nitrogens with zero attached hydrogens (tertiary/aromatic N) is 3. The van der Waals surface area contributed by atoms with Crippen LogP contribution in [-0.2, 0) is 4.79 Å². The van der Waals surface area contributed by atoms with Gasteiger partial charge in [-0.2, -0.15) is 0 Å². The summed E-state index contributed by atoms with van der Waals surface area (Å²) in [6.07, 6.45) is 8.83. The zero-order valence-corrected chi connectivity index (χ0v) is 13.7. The van der Waals surface area contributed by atoms with Crippen LogP contribution >= 0.6 is 11.3 Å². The number of aromatic nitrogens is 1. The Bertz CT molecular complexity index is 472. The third-order valence-corrected chi connectivity index (χ3v) is 5.62. The molecule has 3 rings (SSSR count). The summed E-state index contributed by atoms with van der Waals surface area (Å²) >= 11 is 1.75. The first-order valence-electron chi connectivity index (χ1n) is 8.20. The van der Waals surface area contributed by atoms with Gasteiger partial charge in [0.15, 0.2) is 5.13 Å². The molecule has 0 saturated carbocycles. The average Bonchev–Trinajstić information content (AvgIpc) is 2.77. The summed E-state index contributed by atoms with van der Waals surface area (Å²) < 4.78 is 0. The van der Waals surface area contributed by atoms with E-state index in [4.69, 9.17) is 0 Å². The van der Waals surface area contributed by atoms with Crippen LogP contribution in [0.4, 0.5) is 5.13 Å². The number of hydrogen-bond donors (Lipinski definition) is 0. The predicted octanol–water partition coefficient (Wildman–Crippen LogP) is 3.07. The Balaban J connectivity index is 1.54. The lowest BCUT2D eigenvalue weighted by atomic mass is 9.95. The normalized spacial score (nSPS) is 21.4. The highest BCUT2D eigenvalue weighted by molar-refractivity contribution is 7.15. The summed E-state index contributed by atoms with van der Waals surface area (Å²) in [6, 6.07) is 0. The van der Waals surface area contributed by atoms with Gasteiger partial charge in [-0.3, -0.25) is 4.79 Å². The van der Waals surface area contributed by atoms with Crippen LogP contribution in [0.15, 0.2) is 6.20 Å². The Labute approximate surface area is 131 Å². The van der Waals surface area contributed by atoms with E-state index in [1.165, 1.54) is 30.6 Å². The second kappa shape index (κ2) is 6.77. The molecular formula is C16H25N3OS. The van der Waals surface area contributed by atoms with Crippen molar-refractivity contribution in [1.29, 1.82) is 0 Å². The van der Waals surface area contributed by atoms with E-state index in [1.807, 2.05) is 6.20 Å². The molecule has 0 N–H and O–H groups in total. The van der Waals surface area contributed by atoms with Crippen molar-refractivity contribution in [3.05, 3.63) is 11.1 Å². The van der Waals surface area contributed by atoms with E-state index in [1.54, 1.807) is 11.3 Å². The smallest absolute Gasteiger partial charge is 0.225 e. The molecule has 1 amide bonds. The van der Waals surface area contributed by atoms with Crippen molar-refractivity contribution in [2.75, 3.05) is 31.1 Å². The first-order chi connectivity index (χ1) is 10.2. The number of likely N-dealkylation sites (tertiary alicyclic amines) is 1. The maximum absolute atomic E-state index is 12.6. The van der Waals surface area contributed by atoms with Gasteiger partial charge >= 0.3 is 0 Å². The Morgan fingerprint density at radius 1 is 1.14 bits per heavy atom. The number of hydrogen-bond acceptors (Lipinski definition) is 4. The first kappa shape index (κ1) is 14.8. The fourth-order valence-corrected chi connectivity index (χ4v) is 4.17. The van der Waals surface area contributed by atoms with Crippen molar-refractivity contribution in [3.63, 3.8) is 0 Å². The number of thiazole rings is 1. The highest BCUT2D eigenvalue weighted by atomic mass is 32.1. The third-order valence-electron chi connectivity index (χ3n) is 4.64. The van der Waals surface area contributed by atoms with Gasteiger partial charge in [-0.25, -0.2) is 4.98 Å². The first-order valence-corrected chi connectivity index (χ1v) is 9.02. The highest BCUT2D eigenvalue weighted by Gasteiger charge is 2.29. The van der Waals surface area contributed by atoms with E-state index in [-0.39, 0.29) is 5.92 Å². The summed E-state index contributed by atoms with van der Waals surface area (Å²) in [4.78, 5) is 22.8. The van der Waals surface area contributed by atoms with Gasteiger partial charge in [-0.1, -0.05) is 12.8 Å². The molecular weight excluding hydrogens is 282 g/mol.